The molecule has 0 aromatic heterocycles. The van der Waals surface area contributed by atoms with Gasteiger partial charge in [-0.05, 0) is 23.1 Å². The van der Waals surface area contributed by atoms with E-state index in [0.29, 0.717) is 13.1 Å². The molecule has 19 heavy (non-hydrogen) atoms. The second-order valence-corrected chi connectivity index (χ2v) is 5.11. The van der Waals surface area contributed by atoms with E-state index in [0.717, 1.165) is 12.8 Å². The lowest BCUT2D eigenvalue weighted by atomic mass is 9.99. The predicted molar refractivity (Wildman–Crippen MR) is 74.4 cm³/mol. The van der Waals surface area contributed by atoms with Crippen molar-refractivity contribution in [1.29, 1.82) is 0 Å². The number of carbonyl (C=O) groups excluding carboxylic acids is 1. The van der Waals surface area contributed by atoms with Crippen LogP contribution in [0.2, 0.25) is 0 Å². The number of amides is 1. The van der Waals surface area contributed by atoms with Crippen molar-refractivity contribution < 1.29 is 9.53 Å². The summed E-state index contributed by atoms with van der Waals surface area (Å²) in [5.41, 5.74) is 9.74. The molecular weight excluding hydrogens is 240 g/mol. The van der Waals surface area contributed by atoms with E-state index < -0.39 is 0 Å². The number of ether oxygens (including phenoxy) is 1. The standard InChI is InChI=1S/C15H22N2O2/c1-3-4-14(16)11-5-6-12-8-17(9-13(12)7-11)15(18)10-19-2/h5-7,14H,3-4,8-10,16H2,1-2H3. The van der Waals surface area contributed by atoms with Gasteiger partial charge in [-0.2, -0.15) is 0 Å². The SMILES string of the molecule is CCCC(N)c1ccc2c(c1)CN(C(=O)COC)C2. The quantitative estimate of drug-likeness (QED) is 0.882. The molecule has 1 aliphatic rings. The Morgan fingerprint density at radius 1 is 1.42 bits per heavy atom. The number of nitrogens with two attached hydrogens (primary N) is 1. The van der Waals surface area contributed by atoms with Gasteiger partial charge in [0, 0.05) is 26.2 Å². The van der Waals surface area contributed by atoms with Crippen LogP contribution in [0.4, 0.5) is 0 Å². The molecule has 1 atom stereocenters. The highest BCUT2D eigenvalue weighted by Gasteiger charge is 2.23. The first-order chi connectivity index (χ1) is 9.15. The van der Waals surface area contributed by atoms with Crippen LogP contribution in [0.25, 0.3) is 0 Å². The van der Waals surface area contributed by atoms with Gasteiger partial charge in [0.05, 0.1) is 0 Å². The fourth-order valence-electron chi connectivity index (χ4n) is 2.51. The van der Waals surface area contributed by atoms with Crippen LogP contribution in [0.1, 0.15) is 42.5 Å². The van der Waals surface area contributed by atoms with Crippen molar-refractivity contribution in [2.24, 2.45) is 5.73 Å². The summed E-state index contributed by atoms with van der Waals surface area (Å²) in [6.45, 7) is 3.64. The maximum absolute atomic E-state index is 11.8. The summed E-state index contributed by atoms with van der Waals surface area (Å²) in [4.78, 5) is 13.6. The second kappa shape index (κ2) is 6.17. The summed E-state index contributed by atoms with van der Waals surface area (Å²) in [6.07, 6.45) is 2.07. The molecule has 1 amide bonds. The normalized spacial score (nSPS) is 15.4. The minimum atomic E-state index is 0.0399. The Hall–Kier alpha value is -1.39. The van der Waals surface area contributed by atoms with Crippen LogP contribution in [-0.2, 0) is 22.6 Å². The average Bonchev–Trinajstić information content (AvgIpc) is 2.82. The maximum Gasteiger partial charge on any atom is 0.249 e. The number of benzene rings is 1. The van der Waals surface area contributed by atoms with Gasteiger partial charge < -0.3 is 15.4 Å². The van der Waals surface area contributed by atoms with E-state index in [2.05, 4.69) is 25.1 Å². The van der Waals surface area contributed by atoms with Gasteiger partial charge in [-0.15, -0.1) is 0 Å². The molecule has 1 heterocycles. The lowest BCUT2D eigenvalue weighted by Crippen LogP contribution is -2.28. The summed E-state index contributed by atoms with van der Waals surface area (Å²) in [5, 5.41) is 0. The Kier molecular flexibility index (Phi) is 4.56. The molecule has 4 nitrogen and oxygen atoms in total. The van der Waals surface area contributed by atoms with E-state index >= 15 is 0 Å². The van der Waals surface area contributed by atoms with E-state index in [1.807, 2.05) is 4.90 Å². The molecular formula is C15H22N2O2. The molecule has 0 bridgehead atoms. The van der Waals surface area contributed by atoms with Crippen LogP contribution in [0.3, 0.4) is 0 Å². The number of hydrogen-bond donors (Lipinski definition) is 1. The molecule has 2 N–H and O–H groups in total. The van der Waals surface area contributed by atoms with Gasteiger partial charge in [0.2, 0.25) is 5.91 Å². The largest absolute Gasteiger partial charge is 0.375 e. The summed E-state index contributed by atoms with van der Waals surface area (Å²) in [7, 11) is 1.54. The van der Waals surface area contributed by atoms with Crippen LogP contribution < -0.4 is 5.73 Å². The van der Waals surface area contributed by atoms with E-state index in [1.54, 1.807) is 7.11 Å². The van der Waals surface area contributed by atoms with Gasteiger partial charge in [0.1, 0.15) is 6.61 Å². The highest BCUT2D eigenvalue weighted by atomic mass is 16.5. The second-order valence-electron chi connectivity index (χ2n) is 5.11. The van der Waals surface area contributed by atoms with Crippen LogP contribution >= 0.6 is 0 Å². The molecule has 0 saturated carbocycles. The highest BCUT2D eigenvalue weighted by molar-refractivity contribution is 5.78. The third-order valence-corrected chi connectivity index (χ3v) is 3.60. The molecule has 1 unspecified atom stereocenters. The third kappa shape index (κ3) is 3.14. The van der Waals surface area contributed by atoms with Crippen molar-refractivity contribution in [3.8, 4) is 0 Å². The summed E-state index contributed by atoms with van der Waals surface area (Å²) >= 11 is 0. The smallest absolute Gasteiger partial charge is 0.249 e. The zero-order valence-corrected chi connectivity index (χ0v) is 11.7. The number of fused-ring (bicyclic) bond motifs is 1. The van der Waals surface area contributed by atoms with Gasteiger partial charge in [-0.25, -0.2) is 0 Å². The van der Waals surface area contributed by atoms with E-state index in [9.17, 15) is 4.79 Å². The Morgan fingerprint density at radius 2 is 2.16 bits per heavy atom. The monoisotopic (exact) mass is 262 g/mol. The van der Waals surface area contributed by atoms with Crippen LogP contribution in [0, 0.1) is 0 Å². The lowest BCUT2D eigenvalue weighted by molar-refractivity contribution is -0.135. The first-order valence-corrected chi connectivity index (χ1v) is 6.79. The number of nitrogens with zero attached hydrogens (tertiary/aromatic N) is 1. The summed E-state index contributed by atoms with van der Waals surface area (Å²) in [6, 6.07) is 6.43. The molecule has 1 aromatic rings. The van der Waals surface area contributed by atoms with Crippen molar-refractivity contribution in [2.45, 2.75) is 38.9 Å². The molecule has 4 heteroatoms. The molecule has 1 aromatic carbocycles. The molecule has 1 aliphatic heterocycles. The highest BCUT2D eigenvalue weighted by Crippen LogP contribution is 2.26. The fraction of sp³-hybridized carbons (Fsp3) is 0.533. The topological polar surface area (TPSA) is 55.6 Å². The Bertz CT molecular complexity index is 459. The van der Waals surface area contributed by atoms with E-state index in [1.165, 1.54) is 16.7 Å². The molecule has 0 saturated heterocycles. The number of methoxy groups -OCH3 is 1. The van der Waals surface area contributed by atoms with Gasteiger partial charge in [-0.3, -0.25) is 4.79 Å². The predicted octanol–water partition coefficient (Wildman–Crippen LogP) is 1.98. The van der Waals surface area contributed by atoms with Gasteiger partial charge in [0.25, 0.3) is 0 Å². The van der Waals surface area contributed by atoms with Crippen molar-refractivity contribution in [3.05, 3.63) is 34.9 Å². The zero-order valence-electron chi connectivity index (χ0n) is 11.7. The lowest BCUT2D eigenvalue weighted by Gasteiger charge is -2.14. The number of carbonyl (C=O) groups is 1. The van der Waals surface area contributed by atoms with E-state index in [4.69, 9.17) is 10.5 Å². The van der Waals surface area contributed by atoms with Gasteiger partial charge in [-0.1, -0.05) is 31.5 Å². The molecule has 0 fully saturated rings. The van der Waals surface area contributed by atoms with Gasteiger partial charge >= 0.3 is 0 Å². The van der Waals surface area contributed by atoms with Crippen LogP contribution in [0.5, 0.6) is 0 Å². The first kappa shape index (κ1) is 14.0. The first-order valence-electron chi connectivity index (χ1n) is 6.79. The van der Waals surface area contributed by atoms with E-state index in [-0.39, 0.29) is 18.6 Å². The molecule has 0 radical (unpaired) electrons. The van der Waals surface area contributed by atoms with Crippen molar-refractivity contribution in [3.63, 3.8) is 0 Å². The maximum atomic E-state index is 11.8. The number of rotatable bonds is 5. The fourth-order valence-corrected chi connectivity index (χ4v) is 2.51. The van der Waals surface area contributed by atoms with Gasteiger partial charge in [0.15, 0.2) is 0 Å². The average molecular weight is 262 g/mol. The minimum Gasteiger partial charge on any atom is -0.375 e. The summed E-state index contributed by atoms with van der Waals surface area (Å²) in [5.74, 6) is 0.0399. The van der Waals surface area contributed by atoms with Crippen molar-refractivity contribution in [1.82, 2.24) is 4.90 Å². The van der Waals surface area contributed by atoms with Crippen molar-refractivity contribution in [2.75, 3.05) is 13.7 Å². The molecule has 0 aliphatic carbocycles. The Labute approximate surface area is 114 Å². The Morgan fingerprint density at radius 3 is 2.84 bits per heavy atom. The molecule has 104 valence electrons. The zero-order chi connectivity index (χ0) is 13.8. The minimum absolute atomic E-state index is 0.0399. The number of hydrogen-bond acceptors (Lipinski definition) is 3. The van der Waals surface area contributed by atoms with Crippen LogP contribution in [0.15, 0.2) is 18.2 Å². The third-order valence-electron chi connectivity index (χ3n) is 3.60. The molecule has 2 rings (SSSR count). The van der Waals surface area contributed by atoms with Crippen LogP contribution in [-0.4, -0.2) is 24.5 Å². The molecule has 0 spiro atoms. The summed E-state index contributed by atoms with van der Waals surface area (Å²) < 4.78 is 4.90. The Balaban J connectivity index is 2.09. The van der Waals surface area contributed by atoms with Crippen molar-refractivity contribution >= 4 is 5.91 Å².